The number of carbonyl (C=O) groups excluding carboxylic acids is 1. The highest BCUT2D eigenvalue weighted by molar-refractivity contribution is 5.78. The van der Waals surface area contributed by atoms with Gasteiger partial charge in [0.15, 0.2) is 11.6 Å². The summed E-state index contributed by atoms with van der Waals surface area (Å²) >= 11 is 0. The van der Waals surface area contributed by atoms with E-state index < -0.39 is 18.0 Å². The zero-order valence-corrected chi connectivity index (χ0v) is 18.0. The Morgan fingerprint density at radius 1 is 1.09 bits per heavy atom. The van der Waals surface area contributed by atoms with Crippen molar-refractivity contribution in [1.82, 2.24) is 9.80 Å². The van der Waals surface area contributed by atoms with E-state index in [2.05, 4.69) is 4.90 Å². The summed E-state index contributed by atoms with van der Waals surface area (Å²) in [5.41, 5.74) is 1.10. The molecular formula is C25H29FN2O4. The van der Waals surface area contributed by atoms with Gasteiger partial charge in [0.05, 0.1) is 12.6 Å². The fraction of sp³-hybridized carbons (Fsp3) is 0.480. The van der Waals surface area contributed by atoms with Crippen LogP contribution in [-0.2, 0) is 11.3 Å². The summed E-state index contributed by atoms with van der Waals surface area (Å²) in [5, 5.41) is 10.6. The molecule has 5 rings (SSSR count). The lowest BCUT2D eigenvalue weighted by Gasteiger charge is -2.35. The average Bonchev–Trinajstić information content (AvgIpc) is 3.08. The van der Waals surface area contributed by atoms with Gasteiger partial charge in [-0.3, -0.25) is 9.69 Å². The van der Waals surface area contributed by atoms with Gasteiger partial charge < -0.3 is 19.5 Å². The minimum Gasteiger partial charge on any atom is -0.492 e. The van der Waals surface area contributed by atoms with Crippen LogP contribution in [0.25, 0.3) is 0 Å². The number of aliphatic hydroxyl groups excluding tert-OH is 1. The molecule has 0 aromatic heterocycles. The molecule has 7 heteroatoms. The second-order valence-electron chi connectivity index (χ2n) is 9.11. The molecule has 32 heavy (non-hydrogen) atoms. The van der Waals surface area contributed by atoms with Crippen LogP contribution < -0.4 is 9.47 Å². The lowest BCUT2D eigenvalue weighted by molar-refractivity contribution is -0.131. The quantitative estimate of drug-likeness (QED) is 0.792. The third-order valence-electron chi connectivity index (χ3n) is 6.94. The van der Waals surface area contributed by atoms with Gasteiger partial charge in [0.2, 0.25) is 5.91 Å². The molecule has 0 spiro atoms. The lowest BCUT2D eigenvalue weighted by Crippen LogP contribution is -2.42. The number of halogens is 1. The van der Waals surface area contributed by atoms with Crippen LogP contribution in [0.5, 0.6) is 11.5 Å². The molecule has 2 aromatic carbocycles. The van der Waals surface area contributed by atoms with Crippen molar-refractivity contribution in [1.29, 1.82) is 0 Å². The summed E-state index contributed by atoms with van der Waals surface area (Å²) in [6.45, 7) is 3.64. The second-order valence-corrected chi connectivity index (χ2v) is 9.11. The number of hydrogen-bond acceptors (Lipinski definition) is 5. The number of rotatable bonds is 4. The Morgan fingerprint density at radius 2 is 1.84 bits per heavy atom. The topological polar surface area (TPSA) is 62.2 Å². The first-order valence-electron chi connectivity index (χ1n) is 11.4. The van der Waals surface area contributed by atoms with Crippen molar-refractivity contribution >= 4 is 5.91 Å². The zero-order valence-electron chi connectivity index (χ0n) is 18.0. The highest BCUT2D eigenvalue weighted by Crippen LogP contribution is 2.38. The summed E-state index contributed by atoms with van der Waals surface area (Å²) in [4.78, 5) is 17.1. The standard InChI is InChI=1S/C25H29FN2O4/c26-20-6-2-4-8-23(20)32-24-12-19-15-28(14-18(19)11-21(24)29)25(30)16-27-9-10-31-22-7-3-1-5-17(22)13-27/h1-8,18-19,21,24,29H,9-16H2/t18-,19+,21+,24+/m0/s1. The Bertz CT molecular complexity index is 970. The van der Waals surface area contributed by atoms with E-state index in [1.807, 2.05) is 29.2 Å². The fourth-order valence-corrected chi connectivity index (χ4v) is 5.23. The molecule has 170 valence electrons. The van der Waals surface area contributed by atoms with Crippen LogP contribution in [0.3, 0.4) is 0 Å². The van der Waals surface area contributed by atoms with E-state index in [1.54, 1.807) is 18.2 Å². The van der Waals surface area contributed by atoms with Gasteiger partial charge in [0.1, 0.15) is 18.5 Å². The maximum absolute atomic E-state index is 14.0. The SMILES string of the molecule is O=C(CN1CCOc2ccccc2C1)N1C[C@H]2C[C@@H](Oc3ccccc3F)[C@H](O)C[C@H]2C1. The van der Waals surface area contributed by atoms with Gasteiger partial charge in [-0.1, -0.05) is 30.3 Å². The molecule has 2 fully saturated rings. The van der Waals surface area contributed by atoms with Gasteiger partial charge in [0.25, 0.3) is 0 Å². The van der Waals surface area contributed by atoms with E-state index in [9.17, 15) is 14.3 Å². The molecule has 0 bridgehead atoms. The van der Waals surface area contributed by atoms with Gasteiger partial charge in [0, 0.05) is 31.7 Å². The number of benzene rings is 2. The minimum absolute atomic E-state index is 0.111. The van der Waals surface area contributed by atoms with Crippen LogP contribution >= 0.6 is 0 Å². The van der Waals surface area contributed by atoms with Crippen LogP contribution in [0.2, 0.25) is 0 Å². The van der Waals surface area contributed by atoms with Crippen molar-refractivity contribution in [3.05, 3.63) is 59.9 Å². The van der Waals surface area contributed by atoms with E-state index in [1.165, 1.54) is 6.07 Å². The number of nitrogens with zero attached hydrogens (tertiary/aromatic N) is 2. The van der Waals surface area contributed by atoms with E-state index in [0.717, 1.165) is 11.3 Å². The van der Waals surface area contributed by atoms with Crippen molar-refractivity contribution in [3.63, 3.8) is 0 Å². The molecule has 2 heterocycles. The van der Waals surface area contributed by atoms with Gasteiger partial charge >= 0.3 is 0 Å². The van der Waals surface area contributed by atoms with Crippen LogP contribution in [0.1, 0.15) is 18.4 Å². The molecule has 0 radical (unpaired) electrons. The molecule has 2 aliphatic heterocycles. The van der Waals surface area contributed by atoms with Gasteiger partial charge in [-0.2, -0.15) is 0 Å². The number of ether oxygens (including phenoxy) is 2. The van der Waals surface area contributed by atoms with Crippen LogP contribution in [-0.4, -0.2) is 65.8 Å². The first kappa shape index (κ1) is 21.2. The van der Waals surface area contributed by atoms with Crippen molar-refractivity contribution in [2.24, 2.45) is 11.8 Å². The van der Waals surface area contributed by atoms with Crippen molar-refractivity contribution < 1.29 is 23.8 Å². The Labute approximate surface area is 187 Å². The zero-order chi connectivity index (χ0) is 22.1. The number of amides is 1. The van der Waals surface area contributed by atoms with Crippen molar-refractivity contribution in [3.8, 4) is 11.5 Å². The van der Waals surface area contributed by atoms with E-state index in [-0.39, 0.29) is 23.5 Å². The maximum atomic E-state index is 14.0. The molecule has 1 saturated heterocycles. The normalized spacial score (nSPS) is 27.8. The number of aliphatic hydroxyl groups is 1. The number of likely N-dealkylation sites (tertiary alicyclic amines) is 1. The van der Waals surface area contributed by atoms with E-state index >= 15 is 0 Å². The van der Waals surface area contributed by atoms with Crippen LogP contribution in [0, 0.1) is 17.7 Å². The number of hydrogen-bond donors (Lipinski definition) is 1. The Hall–Kier alpha value is -2.64. The summed E-state index contributed by atoms with van der Waals surface area (Å²) in [5.74, 6) is 1.26. The molecule has 3 aliphatic rings. The van der Waals surface area contributed by atoms with E-state index in [0.29, 0.717) is 52.2 Å². The summed E-state index contributed by atoms with van der Waals surface area (Å²) in [6.07, 6.45) is 0.0699. The van der Waals surface area contributed by atoms with Crippen LogP contribution in [0.4, 0.5) is 4.39 Å². The summed E-state index contributed by atoms with van der Waals surface area (Å²) in [7, 11) is 0. The first-order chi connectivity index (χ1) is 15.6. The van der Waals surface area contributed by atoms with Crippen LogP contribution in [0.15, 0.2) is 48.5 Å². The minimum atomic E-state index is -0.662. The third-order valence-corrected chi connectivity index (χ3v) is 6.94. The summed E-state index contributed by atoms with van der Waals surface area (Å²) < 4.78 is 25.6. The van der Waals surface area contributed by atoms with Gasteiger partial charge in [-0.25, -0.2) is 4.39 Å². The molecule has 1 saturated carbocycles. The Morgan fingerprint density at radius 3 is 2.69 bits per heavy atom. The second kappa shape index (κ2) is 9.08. The smallest absolute Gasteiger partial charge is 0.236 e. The third kappa shape index (κ3) is 4.45. The lowest BCUT2D eigenvalue weighted by atomic mass is 9.78. The molecule has 4 atom stereocenters. The maximum Gasteiger partial charge on any atom is 0.236 e. The monoisotopic (exact) mass is 440 g/mol. The largest absolute Gasteiger partial charge is 0.492 e. The number of fused-ring (bicyclic) bond motifs is 2. The number of para-hydroxylation sites is 2. The van der Waals surface area contributed by atoms with Crippen molar-refractivity contribution in [2.45, 2.75) is 31.6 Å². The molecule has 0 unspecified atom stereocenters. The molecule has 1 aliphatic carbocycles. The highest BCUT2D eigenvalue weighted by atomic mass is 19.1. The predicted octanol–water partition coefficient (Wildman–Crippen LogP) is 2.70. The highest BCUT2D eigenvalue weighted by Gasteiger charge is 2.44. The first-order valence-corrected chi connectivity index (χ1v) is 11.4. The Kier molecular flexibility index (Phi) is 6.02. The summed E-state index contributed by atoms with van der Waals surface area (Å²) in [6, 6.07) is 14.2. The predicted molar refractivity (Wildman–Crippen MR) is 117 cm³/mol. The molecular weight excluding hydrogens is 411 g/mol. The molecule has 2 aromatic rings. The molecule has 1 amide bonds. The Balaban J connectivity index is 1.19. The van der Waals surface area contributed by atoms with Gasteiger partial charge in [-0.05, 0) is 42.9 Å². The van der Waals surface area contributed by atoms with Crippen molar-refractivity contribution in [2.75, 3.05) is 32.8 Å². The molecule has 6 nitrogen and oxygen atoms in total. The molecule has 1 N–H and O–H groups in total. The number of carbonyl (C=O) groups is 1. The van der Waals surface area contributed by atoms with Gasteiger partial charge in [-0.15, -0.1) is 0 Å². The fourth-order valence-electron chi connectivity index (χ4n) is 5.23. The van der Waals surface area contributed by atoms with E-state index in [4.69, 9.17) is 9.47 Å². The average molecular weight is 441 g/mol.